The summed E-state index contributed by atoms with van der Waals surface area (Å²) in [5.74, 6) is 0. The highest BCUT2D eigenvalue weighted by Gasteiger charge is 2.19. The van der Waals surface area contributed by atoms with E-state index in [9.17, 15) is 0 Å². The van der Waals surface area contributed by atoms with Gasteiger partial charge in [-0.2, -0.15) is 0 Å². The van der Waals surface area contributed by atoms with Gasteiger partial charge in [0.15, 0.2) is 0 Å². The third-order valence-corrected chi connectivity index (χ3v) is 4.12. The Morgan fingerprint density at radius 2 is 2.11 bits per heavy atom. The van der Waals surface area contributed by atoms with Crippen LogP contribution in [0.5, 0.6) is 0 Å². The lowest BCUT2D eigenvalue weighted by atomic mass is 9.99. The van der Waals surface area contributed by atoms with E-state index in [-0.39, 0.29) is 6.04 Å². The number of hydrogen-bond donors (Lipinski definition) is 1. The number of pyridine rings is 1. The average Bonchev–Trinajstić information content (AvgIpc) is 2.86. The van der Waals surface area contributed by atoms with Crippen LogP contribution in [0, 0.1) is 6.92 Å². The fraction of sp³-hybridized carbons (Fsp3) is 0.214. The van der Waals surface area contributed by atoms with Crippen LogP contribution in [0.2, 0.25) is 0 Å². The van der Waals surface area contributed by atoms with E-state index in [1.165, 1.54) is 17.1 Å². The maximum atomic E-state index is 4.41. The van der Waals surface area contributed by atoms with Gasteiger partial charge in [0.05, 0.1) is 22.1 Å². The molecule has 4 nitrogen and oxygen atoms in total. The number of nitrogens with one attached hydrogen (secondary N) is 1. The fourth-order valence-corrected chi connectivity index (χ4v) is 3.08. The Hall–Kier alpha value is -1.85. The van der Waals surface area contributed by atoms with Crippen LogP contribution in [0.3, 0.4) is 0 Å². The molecule has 0 radical (unpaired) electrons. The summed E-state index contributed by atoms with van der Waals surface area (Å²) in [4.78, 5) is 5.56. The number of benzene rings is 1. The summed E-state index contributed by atoms with van der Waals surface area (Å²) < 4.78 is 4.03. The van der Waals surface area contributed by atoms with Crippen LogP contribution in [-0.4, -0.2) is 21.6 Å². The molecule has 1 atom stereocenters. The van der Waals surface area contributed by atoms with Crippen LogP contribution in [0.1, 0.15) is 22.2 Å². The first-order valence-electron chi connectivity index (χ1n) is 6.11. The van der Waals surface area contributed by atoms with Crippen LogP contribution in [0.4, 0.5) is 0 Å². The minimum Gasteiger partial charge on any atom is -0.309 e. The normalized spacial score (nSPS) is 12.7. The Morgan fingerprint density at radius 3 is 2.84 bits per heavy atom. The predicted octanol–water partition coefficient (Wildman–Crippen LogP) is 2.70. The van der Waals surface area contributed by atoms with E-state index < -0.39 is 0 Å². The van der Waals surface area contributed by atoms with Crippen LogP contribution >= 0.6 is 11.5 Å². The summed E-state index contributed by atoms with van der Waals surface area (Å²) in [6.07, 6.45) is 1.82. The fourth-order valence-electron chi connectivity index (χ4n) is 2.31. The molecule has 0 fully saturated rings. The second kappa shape index (κ2) is 5.03. The van der Waals surface area contributed by atoms with E-state index in [0.717, 1.165) is 21.5 Å². The quantitative estimate of drug-likeness (QED) is 0.795. The first-order chi connectivity index (χ1) is 9.31. The molecule has 0 saturated heterocycles. The summed E-state index contributed by atoms with van der Waals surface area (Å²) in [5.41, 5.74) is 3.20. The van der Waals surface area contributed by atoms with Crippen molar-refractivity contribution < 1.29 is 0 Å². The molecule has 96 valence electrons. The van der Waals surface area contributed by atoms with Crippen molar-refractivity contribution in [3.8, 4) is 0 Å². The summed E-state index contributed by atoms with van der Waals surface area (Å²) in [7, 11) is 1.96. The lowest BCUT2D eigenvalue weighted by Gasteiger charge is -2.17. The zero-order chi connectivity index (χ0) is 13.2. The zero-order valence-corrected chi connectivity index (χ0v) is 11.6. The SMILES string of the molecule is CNC(c1snnc1C)c1cccc2ncccc12. The summed E-state index contributed by atoms with van der Waals surface area (Å²) in [6, 6.07) is 10.4. The van der Waals surface area contributed by atoms with Crippen molar-refractivity contribution in [3.63, 3.8) is 0 Å². The molecule has 3 aromatic rings. The van der Waals surface area contributed by atoms with Gasteiger partial charge in [-0.15, -0.1) is 5.10 Å². The Bertz CT molecular complexity index is 702. The molecule has 1 aromatic carbocycles. The molecule has 1 N–H and O–H groups in total. The zero-order valence-electron chi connectivity index (χ0n) is 10.8. The number of nitrogens with zero attached hydrogens (tertiary/aromatic N) is 3. The third kappa shape index (κ3) is 2.11. The van der Waals surface area contributed by atoms with E-state index in [2.05, 4.69) is 32.0 Å². The molecular formula is C14H14N4S. The van der Waals surface area contributed by atoms with E-state index >= 15 is 0 Å². The van der Waals surface area contributed by atoms with Gasteiger partial charge in [0, 0.05) is 11.6 Å². The first-order valence-corrected chi connectivity index (χ1v) is 6.88. The van der Waals surface area contributed by atoms with Crippen molar-refractivity contribution in [1.29, 1.82) is 0 Å². The molecular weight excluding hydrogens is 256 g/mol. The summed E-state index contributed by atoms with van der Waals surface area (Å²) in [6.45, 7) is 1.99. The molecule has 19 heavy (non-hydrogen) atoms. The molecule has 0 spiro atoms. The van der Waals surface area contributed by atoms with Gasteiger partial charge in [0.1, 0.15) is 0 Å². The van der Waals surface area contributed by atoms with Gasteiger partial charge >= 0.3 is 0 Å². The molecule has 2 heterocycles. The van der Waals surface area contributed by atoms with E-state index in [4.69, 9.17) is 0 Å². The third-order valence-electron chi connectivity index (χ3n) is 3.23. The van der Waals surface area contributed by atoms with Gasteiger partial charge < -0.3 is 5.32 Å². The van der Waals surface area contributed by atoms with Gasteiger partial charge in [-0.3, -0.25) is 4.98 Å². The Balaban J connectivity index is 2.20. The van der Waals surface area contributed by atoms with Crippen LogP contribution < -0.4 is 5.32 Å². The lowest BCUT2D eigenvalue weighted by Crippen LogP contribution is -2.17. The highest BCUT2D eigenvalue weighted by molar-refractivity contribution is 7.05. The second-order valence-electron chi connectivity index (χ2n) is 4.36. The number of fused-ring (bicyclic) bond motifs is 1. The van der Waals surface area contributed by atoms with Crippen molar-refractivity contribution in [1.82, 2.24) is 19.9 Å². The molecule has 0 aliphatic carbocycles. The topological polar surface area (TPSA) is 50.7 Å². The van der Waals surface area contributed by atoms with Gasteiger partial charge in [0.2, 0.25) is 0 Å². The van der Waals surface area contributed by atoms with Crippen LogP contribution in [-0.2, 0) is 0 Å². The Kier molecular flexibility index (Phi) is 3.23. The molecule has 5 heteroatoms. The highest BCUT2D eigenvalue weighted by Crippen LogP contribution is 2.30. The first kappa shape index (κ1) is 12.2. The minimum absolute atomic E-state index is 0.105. The second-order valence-corrected chi connectivity index (χ2v) is 5.15. The Labute approximate surface area is 115 Å². The number of rotatable bonds is 3. The highest BCUT2D eigenvalue weighted by atomic mass is 32.1. The van der Waals surface area contributed by atoms with Gasteiger partial charge in [-0.05, 0) is 43.2 Å². The lowest BCUT2D eigenvalue weighted by molar-refractivity contribution is 0.702. The standard InChI is InChI=1S/C14H14N4S/c1-9-14(19-18-17-9)13(15-2)11-5-3-7-12-10(11)6-4-8-16-12/h3-8,13,15H,1-2H3. The monoisotopic (exact) mass is 270 g/mol. The number of hydrogen-bond acceptors (Lipinski definition) is 5. The van der Waals surface area contributed by atoms with Crippen molar-refractivity contribution >= 4 is 22.4 Å². The van der Waals surface area contributed by atoms with E-state index in [0.29, 0.717) is 0 Å². The molecule has 0 amide bonds. The van der Waals surface area contributed by atoms with Gasteiger partial charge in [0.25, 0.3) is 0 Å². The van der Waals surface area contributed by atoms with Crippen LogP contribution in [0.15, 0.2) is 36.5 Å². The minimum atomic E-state index is 0.105. The largest absolute Gasteiger partial charge is 0.309 e. The van der Waals surface area contributed by atoms with Gasteiger partial charge in [-0.1, -0.05) is 22.7 Å². The van der Waals surface area contributed by atoms with Crippen LogP contribution in [0.25, 0.3) is 10.9 Å². The van der Waals surface area contributed by atoms with Gasteiger partial charge in [-0.25, -0.2) is 0 Å². The average molecular weight is 270 g/mol. The van der Waals surface area contributed by atoms with Crippen molar-refractivity contribution in [3.05, 3.63) is 52.7 Å². The smallest absolute Gasteiger partial charge is 0.0776 e. The molecule has 0 saturated carbocycles. The molecule has 0 aliphatic heterocycles. The maximum Gasteiger partial charge on any atom is 0.0776 e. The van der Waals surface area contributed by atoms with Crippen molar-refractivity contribution in [2.24, 2.45) is 0 Å². The number of aromatic nitrogens is 3. The summed E-state index contributed by atoms with van der Waals surface area (Å²) >= 11 is 1.44. The molecule has 1 unspecified atom stereocenters. The van der Waals surface area contributed by atoms with E-state index in [1.54, 1.807) is 0 Å². The molecule has 3 rings (SSSR count). The number of aryl methyl sites for hydroxylation is 1. The van der Waals surface area contributed by atoms with Crippen molar-refractivity contribution in [2.45, 2.75) is 13.0 Å². The van der Waals surface area contributed by atoms with Crippen molar-refractivity contribution in [2.75, 3.05) is 7.05 Å². The molecule has 0 aliphatic rings. The Morgan fingerprint density at radius 1 is 1.21 bits per heavy atom. The maximum absolute atomic E-state index is 4.41. The van der Waals surface area contributed by atoms with E-state index in [1.807, 2.05) is 38.4 Å². The predicted molar refractivity (Wildman–Crippen MR) is 77.3 cm³/mol. The molecule has 0 bridgehead atoms. The molecule has 2 aromatic heterocycles. The summed E-state index contributed by atoms with van der Waals surface area (Å²) in [5, 5.41) is 8.62.